The van der Waals surface area contributed by atoms with Crippen LogP contribution in [0.3, 0.4) is 0 Å². The molecule has 1 fully saturated rings. The number of aliphatic hydroxyl groups excluding tert-OH is 1. The summed E-state index contributed by atoms with van der Waals surface area (Å²) in [6, 6.07) is 13.5. The highest BCUT2D eigenvalue weighted by atomic mass is 32.1. The van der Waals surface area contributed by atoms with Crippen LogP contribution in [-0.4, -0.2) is 49.4 Å². The molecule has 0 aliphatic carbocycles. The molecule has 1 aliphatic rings. The van der Waals surface area contributed by atoms with E-state index in [2.05, 4.69) is 15.8 Å². The number of hydrogen-bond donors (Lipinski definition) is 3. The SMILES string of the molecule is OC(CO/N=C/c1sc2c(N[C@@H]3CCNC[C@@H]3F)cccc2c1CC(F)(F)F)c1ccccc1. The number of fused-ring (bicyclic) bond motifs is 1. The first kappa shape index (κ1) is 24.4. The van der Waals surface area contributed by atoms with Gasteiger partial charge in [-0.05, 0) is 35.5 Å². The van der Waals surface area contributed by atoms with E-state index in [0.29, 0.717) is 39.2 Å². The summed E-state index contributed by atoms with van der Waals surface area (Å²) in [4.78, 5) is 5.48. The van der Waals surface area contributed by atoms with Gasteiger partial charge in [0.2, 0.25) is 0 Å². The Hall–Kier alpha value is -2.69. The number of nitrogens with one attached hydrogen (secondary N) is 2. The molecule has 5 nitrogen and oxygen atoms in total. The maximum Gasteiger partial charge on any atom is 0.393 e. The topological polar surface area (TPSA) is 65.9 Å². The lowest BCUT2D eigenvalue weighted by Gasteiger charge is -2.28. The molecule has 1 unspecified atom stereocenters. The van der Waals surface area contributed by atoms with Crippen LogP contribution in [-0.2, 0) is 11.3 Å². The fraction of sp³-hybridized carbons (Fsp3) is 0.375. The molecule has 34 heavy (non-hydrogen) atoms. The van der Waals surface area contributed by atoms with Gasteiger partial charge in [0.1, 0.15) is 18.9 Å². The summed E-state index contributed by atoms with van der Waals surface area (Å²) in [6.45, 7) is 0.768. The Labute approximate surface area is 198 Å². The highest BCUT2D eigenvalue weighted by molar-refractivity contribution is 7.21. The van der Waals surface area contributed by atoms with Gasteiger partial charge in [0.15, 0.2) is 0 Å². The molecule has 2 aromatic carbocycles. The molecule has 0 spiro atoms. The van der Waals surface area contributed by atoms with Crippen LogP contribution in [0, 0.1) is 0 Å². The largest absolute Gasteiger partial charge is 0.393 e. The van der Waals surface area contributed by atoms with Crippen molar-refractivity contribution in [1.29, 1.82) is 0 Å². The quantitative estimate of drug-likeness (QED) is 0.228. The molecule has 3 atom stereocenters. The van der Waals surface area contributed by atoms with Crippen molar-refractivity contribution in [2.45, 2.75) is 37.3 Å². The molecule has 182 valence electrons. The van der Waals surface area contributed by atoms with Crippen LogP contribution in [0.15, 0.2) is 53.7 Å². The Bertz CT molecular complexity index is 1120. The Balaban J connectivity index is 1.57. The maximum atomic E-state index is 14.3. The van der Waals surface area contributed by atoms with Gasteiger partial charge >= 0.3 is 6.18 Å². The van der Waals surface area contributed by atoms with E-state index in [1.807, 2.05) is 6.07 Å². The third kappa shape index (κ3) is 6.05. The van der Waals surface area contributed by atoms with E-state index in [9.17, 15) is 22.7 Å². The minimum Gasteiger partial charge on any atom is -0.393 e. The number of halogens is 4. The standard InChI is InChI=1S/C24H25F4N3O2S/c25-18-12-29-10-9-19(18)31-20-8-4-7-16-17(11-24(26,27)28)22(34-23(16)20)13-30-33-14-21(32)15-5-2-1-3-6-15/h1-8,13,18-19,21,29,31-32H,9-12,14H2/b30-13+/t18-,19+,21?/m0/s1. The first-order valence-electron chi connectivity index (χ1n) is 10.9. The Kier molecular flexibility index (Phi) is 7.70. The number of aliphatic hydroxyl groups is 1. The van der Waals surface area contributed by atoms with Crippen LogP contribution in [0.2, 0.25) is 0 Å². The second-order valence-corrected chi connectivity index (χ2v) is 9.19. The second kappa shape index (κ2) is 10.7. The summed E-state index contributed by atoms with van der Waals surface area (Å²) in [6.07, 6.45) is -5.72. The van der Waals surface area contributed by atoms with Crippen LogP contribution in [0.4, 0.5) is 23.2 Å². The van der Waals surface area contributed by atoms with Crippen LogP contribution in [0.25, 0.3) is 10.1 Å². The molecule has 0 amide bonds. The van der Waals surface area contributed by atoms with Crippen molar-refractivity contribution in [3.05, 3.63) is 64.5 Å². The lowest BCUT2D eigenvalue weighted by Crippen LogP contribution is -2.45. The number of benzene rings is 2. The first-order chi connectivity index (χ1) is 16.3. The molecule has 1 aliphatic heterocycles. The number of oxime groups is 1. The third-order valence-corrected chi connectivity index (χ3v) is 6.85. The molecule has 3 N–H and O–H groups in total. The summed E-state index contributed by atoms with van der Waals surface area (Å²) in [5.41, 5.74) is 1.34. The molecule has 0 radical (unpaired) electrons. The number of nitrogens with zero attached hydrogens (tertiary/aromatic N) is 1. The summed E-state index contributed by atoms with van der Waals surface area (Å²) >= 11 is 1.14. The van der Waals surface area contributed by atoms with E-state index >= 15 is 0 Å². The maximum absolute atomic E-state index is 14.3. The lowest BCUT2D eigenvalue weighted by atomic mass is 10.0. The molecule has 2 heterocycles. The summed E-state index contributed by atoms with van der Waals surface area (Å²) in [5.74, 6) is 0. The average Bonchev–Trinajstić information content (AvgIpc) is 3.15. The average molecular weight is 496 g/mol. The number of rotatable bonds is 8. The first-order valence-corrected chi connectivity index (χ1v) is 11.7. The van der Waals surface area contributed by atoms with E-state index in [1.165, 1.54) is 6.21 Å². The predicted octanol–water partition coefficient (Wildman–Crippen LogP) is 5.20. The van der Waals surface area contributed by atoms with E-state index in [4.69, 9.17) is 4.84 Å². The Morgan fingerprint density at radius 1 is 1.21 bits per heavy atom. The fourth-order valence-corrected chi connectivity index (χ4v) is 5.10. The van der Waals surface area contributed by atoms with Crippen molar-refractivity contribution in [3.63, 3.8) is 0 Å². The van der Waals surface area contributed by atoms with Gasteiger partial charge in [-0.3, -0.25) is 0 Å². The van der Waals surface area contributed by atoms with E-state index in [0.717, 1.165) is 11.3 Å². The molecular weight excluding hydrogens is 470 g/mol. The molecule has 10 heteroatoms. The number of thiophene rings is 1. The Morgan fingerprint density at radius 3 is 2.74 bits per heavy atom. The van der Waals surface area contributed by atoms with Crippen LogP contribution in [0.1, 0.15) is 28.5 Å². The zero-order valence-electron chi connectivity index (χ0n) is 18.2. The highest BCUT2D eigenvalue weighted by Gasteiger charge is 2.31. The molecule has 0 saturated carbocycles. The van der Waals surface area contributed by atoms with Crippen molar-refractivity contribution in [2.24, 2.45) is 5.16 Å². The number of hydrogen-bond acceptors (Lipinski definition) is 6. The number of anilines is 1. The van der Waals surface area contributed by atoms with Crippen molar-refractivity contribution in [3.8, 4) is 0 Å². The minimum absolute atomic E-state index is 0.0919. The van der Waals surface area contributed by atoms with Gasteiger partial charge in [-0.25, -0.2) is 4.39 Å². The molecule has 0 bridgehead atoms. The van der Waals surface area contributed by atoms with Crippen molar-refractivity contribution in [2.75, 3.05) is 25.0 Å². The Morgan fingerprint density at radius 2 is 2.00 bits per heavy atom. The van der Waals surface area contributed by atoms with E-state index < -0.39 is 30.9 Å². The van der Waals surface area contributed by atoms with Crippen molar-refractivity contribution >= 4 is 33.3 Å². The normalized spacial score (nSPS) is 20.0. The van der Waals surface area contributed by atoms with Gasteiger partial charge in [0, 0.05) is 6.54 Å². The fourth-order valence-electron chi connectivity index (χ4n) is 3.94. The van der Waals surface area contributed by atoms with Crippen LogP contribution in [0.5, 0.6) is 0 Å². The van der Waals surface area contributed by atoms with Crippen molar-refractivity contribution in [1.82, 2.24) is 5.32 Å². The van der Waals surface area contributed by atoms with Crippen LogP contribution >= 0.6 is 11.3 Å². The van der Waals surface area contributed by atoms with Gasteiger partial charge in [0.05, 0.1) is 33.9 Å². The molecular formula is C24H25F4N3O2S. The van der Waals surface area contributed by atoms with Crippen LogP contribution < -0.4 is 10.6 Å². The van der Waals surface area contributed by atoms with Gasteiger partial charge in [-0.2, -0.15) is 13.2 Å². The molecule has 3 aromatic rings. The predicted molar refractivity (Wildman–Crippen MR) is 126 cm³/mol. The summed E-state index contributed by atoms with van der Waals surface area (Å²) < 4.78 is 55.0. The van der Waals surface area contributed by atoms with Gasteiger partial charge in [-0.15, -0.1) is 11.3 Å². The van der Waals surface area contributed by atoms with E-state index in [-0.39, 0.29) is 18.7 Å². The van der Waals surface area contributed by atoms with Gasteiger partial charge in [0.25, 0.3) is 0 Å². The monoisotopic (exact) mass is 495 g/mol. The van der Waals surface area contributed by atoms with Crippen molar-refractivity contribution < 1.29 is 27.5 Å². The number of alkyl halides is 4. The number of piperidine rings is 1. The molecule has 4 rings (SSSR count). The second-order valence-electron chi connectivity index (χ2n) is 8.14. The highest BCUT2D eigenvalue weighted by Crippen LogP contribution is 2.39. The lowest BCUT2D eigenvalue weighted by molar-refractivity contribution is -0.126. The van der Waals surface area contributed by atoms with E-state index in [1.54, 1.807) is 42.5 Å². The molecule has 1 saturated heterocycles. The molecule has 1 aromatic heterocycles. The zero-order valence-corrected chi connectivity index (χ0v) is 19.0. The van der Waals surface area contributed by atoms with Gasteiger partial charge < -0.3 is 20.6 Å². The summed E-state index contributed by atoms with van der Waals surface area (Å²) in [5, 5.41) is 20.6. The minimum atomic E-state index is -4.41. The third-order valence-electron chi connectivity index (χ3n) is 5.64. The van der Waals surface area contributed by atoms with Gasteiger partial charge in [-0.1, -0.05) is 47.6 Å². The zero-order chi connectivity index (χ0) is 24.1. The smallest absolute Gasteiger partial charge is 0.393 e. The summed E-state index contributed by atoms with van der Waals surface area (Å²) in [7, 11) is 0.